The molecule has 6 nitrogen and oxygen atoms in total. The normalized spacial score (nSPS) is 10.8. The zero-order valence-electron chi connectivity index (χ0n) is 12.4. The van der Waals surface area contributed by atoms with Gasteiger partial charge in [0.15, 0.2) is 0 Å². The minimum atomic E-state index is -0.264. The summed E-state index contributed by atoms with van der Waals surface area (Å²) in [6.45, 7) is 3.76. The summed E-state index contributed by atoms with van der Waals surface area (Å²) in [5, 5.41) is 3.25. The molecule has 2 heterocycles. The van der Waals surface area contributed by atoms with Crippen LogP contribution in [0.3, 0.4) is 0 Å². The summed E-state index contributed by atoms with van der Waals surface area (Å²) in [6, 6.07) is 9.22. The number of hydrogen-bond acceptors (Lipinski definition) is 3. The molecule has 0 aliphatic carbocycles. The van der Waals surface area contributed by atoms with Gasteiger partial charge >= 0.3 is 0 Å². The molecule has 6 heteroatoms. The van der Waals surface area contributed by atoms with E-state index >= 15 is 0 Å². The number of fused-ring (bicyclic) bond motifs is 1. The molecule has 0 spiro atoms. The Morgan fingerprint density at radius 1 is 1.27 bits per heavy atom. The van der Waals surface area contributed by atoms with Gasteiger partial charge in [0.05, 0.1) is 5.39 Å². The van der Waals surface area contributed by atoms with E-state index in [0.717, 1.165) is 11.3 Å². The number of rotatable bonds is 3. The maximum Gasteiger partial charge on any atom is 0.263 e. The first kappa shape index (κ1) is 14.1. The van der Waals surface area contributed by atoms with Crippen molar-refractivity contribution < 1.29 is 4.79 Å². The third-order valence-electron chi connectivity index (χ3n) is 3.40. The van der Waals surface area contributed by atoms with E-state index in [-0.39, 0.29) is 18.0 Å². The molecule has 0 unspecified atom stereocenters. The Labute approximate surface area is 126 Å². The first-order chi connectivity index (χ1) is 10.5. The van der Waals surface area contributed by atoms with Crippen LogP contribution in [0.2, 0.25) is 0 Å². The molecule has 0 atom stereocenters. The SMILES string of the molecule is Cc1ccc(NC(=O)Cn2cnc3[nH]c(C)cc3c2=O)cc1. The van der Waals surface area contributed by atoms with Crippen molar-refractivity contribution >= 4 is 22.6 Å². The Bertz CT molecular complexity index is 891. The van der Waals surface area contributed by atoms with E-state index in [2.05, 4.69) is 15.3 Å². The van der Waals surface area contributed by atoms with Gasteiger partial charge in [-0.05, 0) is 32.0 Å². The fourth-order valence-corrected chi connectivity index (χ4v) is 2.28. The average Bonchev–Trinajstić information content (AvgIpc) is 2.86. The van der Waals surface area contributed by atoms with Crippen LogP contribution in [0.5, 0.6) is 0 Å². The molecule has 3 rings (SSSR count). The summed E-state index contributed by atoms with van der Waals surface area (Å²) in [5.41, 5.74) is 2.99. The number of H-pyrrole nitrogens is 1. The molecule has 0 aliphatic rings. The molecular formula is C16H16N4O2. The highest BCUT2D eigenvalue weighted by Gasteiger charge is 2.10. The highest BCUT2D eigenvalue weighted by Crippen LogP contribution is 2.09. The lowest BCUT2D eigenvalue weighted by Gasteiger charge is -2.07. The number of carbonyl (C=O) groups is 1. The van der Waals surface area contributed by atoms with Crippen molar-refractivity contribution in [2.45, 2.75) is 20.4 Å². The van der Waals surface area contributed by atoms with Crippen molar-refractivity contribution in [3.63, 3.8) is 0 Å². The van der Waals surface area contributed by atoms with Gasteiger partial charge in [0, 0.05) is 11.4 Å². The second kappa shape index (κ2) is 5.48. The van der Waals surface area contributed by atoms with Crippen LogP contribution in [0.15, 0.2) is 41.5 Å². The summed E-state index contributed by atoms with van der Waals surface area (Å²) in [7, 11) is 0. The van der Waals surface area contributed by atoms with E-state index in [4.69, 9.17) is 0 Å². The van der Waals surface area contributed by atoms with Crippen molar-refractivity contribution in [2.75, 3.05) is 5.32 Å². The Balaban J connectivity index is 1.80. The molecule has 112 valence electrons. The van der Waals surface area contributed by atoms with Crippen LogP contribution >= 0.6 is 0 Å². The number of anilines is 1. The predicted octanol–water partition coefficient (Wildman–Crippen LogP) is 1.98. The zero-order valence-corrected chi connectivity index (χ0v) is 12.4. The molecule has 2 N–H and O–H groups in total. The minimum absolute atomic E-state index is 0.0696. The number of amides is 1. The van der Waals surface area contributed by atoms with Gasteiger partial charge in [-0.1, -0.05) is 17.7 Å². The Kier molecular flexibility index (Phi) is 3.50. The van der Waals surface area contributed by atoms with Gasteiger partial charge in [-0.2, -0.15) is 0 Å². The quantitative estimate of drug-likeness (QED) is 0.775. The highest BCUT2D eigenvalue weighted by molar-refractivity contribution is 5.90. The summed E-state index contributed by atoms with van der Waals surface area (Å²) < 4.78 is 1.30. The smallest absolute Gasteiger partial charge is 0.263 e. The van der Waals surface area contributed by atoms with Gasteiger partial charge in [-0.15, -0.1) is 0 Å². The lowest BCUT2D eigenvalue weighted by Crippen LogP contribution is -2.27. The third kappa shape index (κ3) is 2.76. The molecule has 0 saturated heterocycles. The van der Waals surface area contributed by atoms with Gasteiger partial charge in [-0.3, -0.25) is 14.2 Å². The van der Waals surface area contributed by atoms with E-state index < -0.39 is 0 Å². The minimum Gasteiger partial charge on any atom is -0.343 e. The predicted molar refractivity (Wildman–Crippen MR) is 84.9 cm³/mol. The number of hydrogen-bond donors (Lipinski definition) is 2. The number of benzene rings is 1. The van der Waals surface area contributed by atoms with Gasteiger partial charge in [-0.25, -0.2) is 4.98 Å². The average molecular weight is 296 g/mol. The van der Waals surface area contributed by atoms with Gasteiger partial charge in [0.1, 0.15) is 18.5 Å². The first-order valence-corrected chi connectivity index (χ1v) is 6.94. The van der Waals surface area contributed by atoms with Crippen molar-refractivity contribution in [3.05, 3.63) is 58.3 Å². The zero-order chi connectivity index (χ0) is 15.7. The van der Waals surface area contributed by atoms with Crippen LogP contribution in [0.1, 0.15) is 11.3 Å². The molecule has 0 fully saturated rings. The number of nitrogens with one attached hydrogen (secondary N) is 2. The van der Waals surface area contributed by atoms with Crippen LogP contribution < -0.4 is 10.9 Å². The van der Waals surface area contributed by atoms with Crippen LogP contribution in [0, 0.1) is 13.8 Å². The Morgan fingerprint density at radius 3 is 2.73 bits per heavy atom. The van der Waals surface area contributed by atoms with Crippen LogP contribution in [0.25, 0.3) is 11.0 Å². The molecule has 0 saturated carbocycles. The molecular weight excluding hydrogens is 280 g/mol. The third-order valence-corrected chi connectivity index (χ3v) is 3.40. The fraction of sp³-hybridized carbons (Fsp3) is 0.188. The number of nitrogens with zero attached hydrogens (tertiary/aromatic N) is 2. The van der Waals surface area contributed by atoms with E-state index in [1.165, 1.54) is 10.9 Å². The summed E-state index contributed by atoms with van der Waals surface area (Å²) >= 11 is 0. The molecule has 0 radical (unpaired) electrons. The van der Waals surface area contributed by atoms with Gasteiger partial charge in [0.25, 0.3) is 5.56 Å². The molecule has 0 aliphatic heterocycles. The van der Waals surface area contributed by atoms with E-state index in [1.54, 1.807) is 6.07 Å². The second-order valence-electron chi connectivity index (χ2n) is 5.31. The highest BCUT2D eigenvalue weighted by atomic mass is 16.2. The van der Waals surface area contributed by atoms with Crippen LogP contribution in [-0.4, -0.2) is 20.4 Å². The maximum absolute atomic E-state index is 12.3. The lowest BCUT2D eigenvalue weighted by molar-refractivity contribution is -0.116. The van der Waals surface area contributed by atoms with Crippen molar-refractivity contribution in [1.29, 1.82) is 0 Å². The largest absolute Gasteiger partial charge is 0.343 e. The molecule has 0 bridgehead atoms. The maximum atomic E-state index is 12.3. The van der Waals surface area contributed by atoms with E-state index in [0.29, 0.717) is 16.7 Å². The fourth-order valence-electron chi connectivity index (χ4n) is 2.28. The van der Waals surface area contributed by atoms with Gasteiger partial charge in [0.2, 0.25) is 5.91 Å². The van der Waals surface area contributed by atoms with Crippen molar-refractivity contribution in [2.24, 2.45) is 0 Å². The first-order valence-electron chi connectivity index (χ1n) is 6.94. The second-order valence-corrected chi connectivity index (χ2v) is 5.31. The number of carbonyl (C=O) groups excluding carboxylic acids is 1. The van der Waals surface area contributed by atoms with E-state index in [1.807, 2.05) is 38.1 Å². The van der Waals surface area contributed by atoms with Gasteiger partial charge < -0.3 is 10.3 Å². The van der Waals surface area contributed by atoms with Crippen molar-refractivity contribution in [1.82, 2.24) is 14.5 Å². The monoisotopic (exact) mass is 296 g/mol. The molecule has 22 heavy (non-hydrogen) atoms. The van der Waals surface area contributed by atoms with Crippen molar-refractivity contribution in [3.8, 4) is 0 Å². The lowest BCUT2D eigenvalue weighted by atomic mass is 10.2. The van der Waals surface area contributed by atoms with Crippen LogP contribution in [-0.2, 0) is 11.3 Å². The molecule has 1 amide bonds. The summed E-state index contributed by atoms with van der Waals surface area (Å²) in [5.74, 6) is -0.264. The Hall–Kier alpha value is -2.89. The molecule has 2 aromatic heterocycles. The number of aromatic amines is 1. The Morgan fingerprint density at radius 2 is 2.00 bits per heavy atom. The van der Waals surface area contributed by atoms with Crippen LogP contribution in [0.4, 0.5) is 5.69 Å². The van der Waals surface area contributed by atoms with E-state index in [9.17, 15) is 9.59 Å². The number of aryl methyl sites for hydroxylation is 2. The number of aromatic nitrogens is 3. The summed E-state index contributed by atoms with van der Waals surface area (Å²) in [4.78, 5) is 31.5. The molecule has 3 aromatic rings. The topological polar surface area (TPSA) is 79.8 Å². The summed E-state index contributed by atoms with van der Waals surface area (Å²) in [6.07, 6.45) is 1.38. The molecule has 1 aromatic carbocycles. The standard InChI is InChI=1S/C16H16N4O2/c1-10-3-5-12(6-4-10)19-14(21)8-20-9-17-15-13(16(20)22)7-11(2)18-15/h3-7,9,18H,8H2,1-2H3,(H,19,21).